The van der Waals surface area contributed by atoms with E-state index in [0.29, 0.717) is 18.7 Å². The van der Waals surface area contributed by atoms with Crippen molar-refractivity contribution < 1.29 is 14.3 Å². The van der Waals surface area contributed by atoms with Crippen molar-refractivity contribution in [3.05, 3.63) is 54.1 Å². The van der Waals surface area contributed by atoms with Gasteiger partial charge in [-0.05, 0) is 68.8 Å². The van der Waals surface area contributed by atoms with E-state index in [1.165, 1.54) is 19.3 Å². The standard InChI is InChI=1S/C25H35N3O3/c1-4-7-8-9-18-31-23-16-14-22(15-17-23)27-24(29)19-26-21-12-10-20(11-13-21)25(30)28(5-2)6-3/h10-17,26H,4-9,18-19H2,1-3H3,(H,27,29). The summed E-state index contributed by atoms with van der Waals surface area (Å²) in [6.07, 6.45) is 4.70. The summed E-state index contributed by atoms with van der Waals surface area (Å²) in [6, 6.07) is 14.6. The summed E-state index contributed by atoms with van der Waals surface area (Å²) < 4.78 is 5.72. The van der Waals surface area contributed by atoms with Crippen LogP contribution in [0.25, 0.3) is 0 Å². The largest absolute Gasteiger partial charge is 0.494 e. The summed E-state index contributed by atoms with van der Waals surface area (Å²) >= 11 is 0. The lowest BCUT2D eigenvalue weighted by Gasteiger charge is -2.18. The molecule has 0 radical (unpaired) electrons. The topological polar surface area (TPSA) is 70.7 Å². The van der Waals surface area contributed by atoms with E-state index in [2.05, 4.69) is 17.6 Å². The molecular weight excluding hydrogens is 390 g/mol. The number of benzene rings is 2. The second-order valence-corrected chi connectivity index (χ2v) is 7.39. The highest BCUT2D eigenvalue weighted by molar-refractivity contribution is 5.95. The van der Waals surface area contributed by atoms with Crippen molar-refractivity contribution in [2.75, 3.05) is 36.9 Å². The first kappa shape index (κ1) is 24.3. The average Bonchev–Trinajstić information content (AvgIpc) is 2.80. The van der Waals surface area contributed by atoms with E-state index in [1.54, 1.807) is 17.0 Å². The minimum absolute atomic E-state index is 0.0164. The number of nitrogens with zero attached hydrogens (tertiary/aromatic N) is 1. The Balaban J connectivity index is 1.75. The van der Waals surface area contributed by atoms with Gasteiger partial charge in [0, 0.05) is 30.0 Å². The number of unbranched alkanes of at least 4 members (excludes halogenated alkanes) is 3. The second kappa shape index (κ2) is 13.3. The lowest BCUT2D eigenvalue weighted by atomic mass is 10.1. The van der Waals surface area contributed by atoms with Crippen LogP contribution in [-0.4, -0.2) is 43.0 Å². The van der Waals surface area contributed by atoms with Crippen LogP contribution in [0.5, 0.6) is 5.75 Å². The molecule has 0 unspecified atom stereocenters. The van der Waals surface area contributed by atoms with Crippen LogP contribution in [0.1, 0.15) is 56.8 Å². The highest BCUT2D eigenvalue weighted by atomic mass is 16.5. The van der Waals surface area contributed by atoms with E-state index >= 15 is 0 Å². The Labute approximate surface area is 186 Å². The zero-order valence-electron chi connectivity index (χ0n) is 18.9. The number of carbonyl (C=O) groups is 2. The SMILES string of the molecule is CCCCCCOc1ccc(NC(=O)CNc2ccc(C(=O)N(CC)CC)cc2)cc1. The molecule has 2 aromatic carbocycles. The average molecular weight is 426 g/mol. The van der Waals surface area contributed by atoms with Crippen LogP contribution in [0.15, 0.2) is 48.5 Å². The molecule has 0 aliphatic carbocycles. The lowest BCUT2D eigenvalue weighted by molar-refractivity contribution is -0.114. The minimum atomic E-state index is -0.142. The predicted molar refractivity (Wildman–Crippen MR) is 127 cm³/mol. The van der Waals surface area contributed by atoms with Crippen LogP contribution in [-0.2, 0) is 4.79 Å². The van der Waals surface area contributed by atoms with E-state index in [0.717, 1.165) is 30.2 Å². The van der Waals surface area contributed by atoms with Crippen LogP contribution >= 0.6 is 0 Å². The first-order valence-electron chi connectivity index (χ1n) is 11.2. The predicted octanol–water partition coefficient (Wildman–Crippen LogP) is 5.18. The van der Waals surface area contributed by atoms with Gasteiger partial charge in [0.05, 0.1) is 13.2 Å². The van der Waals surface area contributed by atoms with E-state index in [4.69, 9.17) is 4.74 Å². The number of anilines is 2. The molecule has 168 valence electrons. The Morgan fingerprint density at radius 2 is 1.48 bits per heavy atom. The Hall–Kier alpha value is -3.02. The van der Waals surface area contributed by atoms with E-state index < -0.39 is 0 Å². The molecule has 2 amide bonds. The van der Waals surface area contributed by atoms with Crippen molar-refractivity contribution in [2.24, 2.45) is 0 Å². The first-order chi connectivity index (χ1) is 15.1. The van der Waals surface area contributed by atoms with Crippen LogP contribution in [0, 0.1) is 0 Å². The maximum atomic E-state index is 12.3. The molecule has 0 heterocycles. The molecule has 0 aromatic heterocycles. The third-order valence-corrected chi connectivity index (χ3v) is 5.04. The number of hydrogen-bond acceptors (Lipinski definition) is 4. The Kier molecular flexibility index (Phi) is 10.4. The number of carbonyl (C=O) groups excluding carboxylic acids is 2. The van der Waals surface area contributed by atoms with Gasteiger partial charge in [0.25, 0.3) is 5.91 Å². The van der Waals surface area contributed by atoms with Crippen molar-refractivity contribution in [1.82, 2.24) is 4.90 Å². The van der Waals surface area contributed by atoms with E-state index in [1.807, 2.05) is 50.2 Å². The van der Waals surface area contributed by atoms with E-state index in [9.17, 15) is 9.59 Å². The Bertz CT molecular complexity index is 800. The molecule has 0 saturated carbocycles. The minimum Gasteiger partial charge on any atom is -0.494 e. The van der Waals surface area contributed by atoms with Gasteiger partial charge >= 0.3 is 0 Å². The highest BCUT2D eigenvalue weighted by Gasteiger charge is 2.12. The van der Waals surface area contributed by atoms with Crippen molar-refractivity contribution in [1.29, 1.82) is 0 Å². The molecular formula is C25H35N3O3. The zero-order valence-corrected chi connectivity index (χ0v) is 18.9. The van der Waals surface area contributed by atoms with Crippen LogP contribution in [0.4, 0.5) is 11.4 Å². The molecule has 0 spiro atoms. The monoisotopic (exact) mass is 425 g/mol. The fraction of sp³-hybridized carbons (Fsp3) is 0.440. The first-order valence-corrected chi connectivity index (χ1v) is 11.2. The molecule has 0 fully saturated rings. The normalized spacial score (nSPS) is 10.4. The summed E-state index contributed by atoms with van der Waals surface area (Å²) in [6.45, 7) is 8.34. The van der Waals surface area contributed by atoms with Gasteiger partial charge in [0.1, 0.15) is 5.75 Å². The molecule has 6 heteroatoms. The van der Waals surface area contributed by atoms with Crippen LogP contribution in [0.3, 0.4) is 0 Å². The zero-order chi connectivity index (χ0) is 22.5. The third-order valence-electron chi connectivity index (χ3n) is 5.04. The molecule has 2 N–H and O–H groups in total. The highest BCUT2D eigenvalue weighted by Crippen LogP contribution is 2.16. The fourth-order valence-electron chi connectivity index (χ4n) is 3.16. The van der Waals surface area contributed by atoms with Crippen molar-refractivity contribution >= 4 is 23.2 Å². The van der Waals surface area contributed by atoms with E-state index in [-0.39, 0.29) is 18.4 Å². The van der Waals surface area contributed by atoms with Gasteiger partial charge in [0.15, 0.2) is 0 Å². The van der Waals surface area contributed by atoms with Gasteiger partial charge in [0.2, 0.25) is 5.91 Å². The summed E-state index contributed by atoms with van der Waals surface area (Å²) in [5.74, 6) is 0.686. The van der Waals surface area contributed by atoms with Crippen molar-refractivity contribution in [3.8, 4) is 5.75 Å². The Morgan fingerprint density at radius 3 is 2.10 bits per heavy atom. The number of nitrogens with one attached hydrogen (secondary N) is 2. The number of ether oxygens (including phenoxy) is 1. The third kappa shape index (κ3) is 8.32. The molecule has 0 bridgehead atoms. The number of rotatable bonds is 13. The van der Waals surface area contributed by atoms with Crippen molar-refractivity contribution in [3.63, 3.8) is 0 Å². The number of amides is 2. The van der Waals surface area contributed by atoms with Gasteiger partial charge in [-0.15, -0.1) is 0 Å². The smallest absolute Gasteiger partial charge is 0.253 e. The van der Waals surface area contributed by atoms with Gasteiger partial charge in [-0.2, -0.15) is 0 Å². The molecule has 0 atom stereocenters. The fourth-order valence-corrected chi connectivity index (χ4v) is 3.16. The quantitative estimate of drug-likeness (QED) is 0.434. The van der Waals surface area contributed by atoms with Crippen molar-refractivity contribution in [2.45, 2.75) is 46.5 Å². The summed E-state index contributed by atoms with van der Waals surface area (Å²) in [5, 5.41) is 5.95. The number of hydrogen-bond donors (Lipinski definition) is 2. The molecule has 0 aliphatic rings. The molecule has 31 heavy (non-hydrogen) atoms. The molecule has 6 nitrogen and oxygen atoms in total. The summed E-state index contributed by atoms with van der Waals surface area (Å²) in [4.78, 5) is 26.3. The maximum absolute atomic E-state index is 12.3. The summed E-state index contributed by atoms with van der Waals surface area (Å²) in [5.41, 5.74) is 2.16. The van der Waals surface area contributed by atoms with Crippen LogP contribution < -0.4 is 15.4 Å². The van der Waals surface area contributed by atoms with Gasteiger partial charge in [-0.1, -0.05) is 26.2 Å². The molecule has 0 saturated heterocycles. The lowest BCUT2D eigenvalue weighted by Crippen LogP contribution is -2.30. The summed E-state index contributed by atoms with van der Waals surface area (Å²) in [7, 11) is 0. The van der Waals surface area contributed by atoms with Gasteiger partial charge in [-0.25, -0.2) is 0 Å². The van der Waals surface area contributed by atoms with Gasteiger partial charge in [-0.3, -0.25) is 9.59 Å². The Morgan fingerprint density at radius 1 is 0.839 bits per heavy atom. The van der Waals surface area contributed by atoms with Gasteiger partial charge < -0.3 is 20.3 Å². The molecule has 2 aromatic rings. The maximum Gasteiger partial charge on any atom is 0.253 e. The van der Waals surface area contributed by atoms with Crippen LogP contribution in [0.2, 0.25) is 0 Å². The second-order valence-electron chi connectivity index (χ2n) is 7.39. The molecule has 2 rings (SSSR count). The molecule has 0 aliphatic heterocycles.